The predicted molar refractivity (Wildman–Crippen MR) is 103 cm³/mol. The molecule has 1 N–H and O–H groups in total. The Bertz CT molecular complexity index is 870. The summed E-state index contributed by atoms with van der Waals surface area (Å²) in [6, 6.07) is 13.6. The predicted octanol–water partition coefficient (Wildman–Crippen LogP) is 2.73. The normalized spacial score (nSPS) is 13.5. The van der Waals surface area contributed by atoms with Crippen molar-refractivity contribution in [3.8, 4) is 5.75 Å². The highest BCUT2D eigenvalue weighted by molar-refractivity contribution is 6.21. The molecule has 0 aromatic heterocycles. The molecule has 2 aromatic rings. The first-order valence-electron chi connectivity index (χ1n) is 8.83. The summed E-state index contributed by atoms with van der Waals surface area (Å²) in [4.78, 5) is 38.5. The maximum absolute atomic E-state index is 12.6. The minimum atomic E-state index is -0.895. The monoisotopic (exact) mass is 382 g/mol. The second-order valence-corrected chi connectivity index (χ2v) is 7.07. The molecule has 28 heavy (non-hydrogen) atoms. The minimum Gasteiger partial charge on any atom is -0.497 e. The van der Waals surface area contributed by atoms with Crippen LogP contribution in [-0.2, 0) is 9.53 Å². The molecule has 1 heterocycles. The van der Waals surface area contributed by atoms with Crippen molar-refractivity contribution in [1.29, 1.82) is 0 Å². The fourth-order valence-electron chi connectivity index (χ4n) is 3.07. The lowest BCUT2D eigenvalue weighted by atomic mass is 10.0. The van der Waals surface area contributed by atoms with E-state index in [1.54, 1.807) is 69.5 Å². The van der Waals surface area contributed by atoms with E-state index in [2.05, 4.69) is 5.32 Å². The van der Waals surface area contributed by atoms with E-state index in [9.17, 15) is 14.4 Å². The summed E-state index contributed by atoms with van der Waals surface area (Å²) < 4.78 is 10.6. The average molecular weight is 382 g/mol. The van der Waals surface area contributed by atoms with Gasteiger partial charge >= 0.3 is 0 Å². The number of methoxy groups -OCH3 is 1. The standard InChI is InChI=1S/C21H22N2O5/c1-21(2,23-19(25)16-6-4-5-7-17(16)20(23)26)13-28-12-18(24)22-14-8-10-15(27-3)11-9-14/h4-11H,12-13H2,1-3H3,(H,22,24). The summed E-state index contributed by atoms with van der Waals surface area (Å²) in [5, 5.41) is 2.71. The number of imide groups is 1. The Hall–Kier alpha value is -3.19. The maximum atomic E-state index is 12.6. The van der Waals surface area contributed by atoms with Crippen LogP contribution >= 0.6 is 0 Å². The summed E-state index contributed by atoms with van der Waals surface area (Å²) in [6.45, 7) is 3.30. The van der Waals surface area contributed by atoms with Crippen molar-refractivity contribution in [3.63, 3.8) is 0 Å². The number of benzene rings is 2. The van der Waals surface area contributed by atoms with Crippen LogP contribution in [0.2, 0.25) is 0 Å². The number of hydrogen-bond acceptors (Lipinski definition) is 5. The molecule has 0 saturated heterocycles. The van der Waals surface area contributed by atoms with E-state index in [1.807, 2.05) is 0 Å². The molecule has 0 bridgehead atoms. The largest absolute Gasteiger partial charge is 0.497 e. The summed E-state index contributed by atoms with van der Waals surface area (Å²) in [6.07, 6.45) is 0. The van der Waals surface area contributed by atoms with Crippen molar-refractivity contribution in [2.24, 2.45) is 0 Å². The first kappa shape index (κ1) is 19.6. The second-order valence-electron chi connectivity index (χ2n) is 7.07. The Balaban J connectivity index is 1.56. The molecule has 0 unspecified atom stereocenters. The van der Waals surface area contributed by atoms with Crippen LogP contribution < -0.4 is 10.1 Å². The van der Waals surface area contributed by atoms with E-state index < -0.39 is 5.54 Å². The van der Waals surface area contributed by atoms with Crippen LogP contribution in [0, 0.1) is 0 Å². The smallest absolute Gasteiger partial charge is 0.262 e. The Morgan fingerprint density at radius 2 is 1.57 bits per heavy atom. The Morgan fingerprint density at radius 1 is 1.00 bits per heavy atom. The maximum Gasteiger partial charge on any atom is 0.262 e. The zero-order valence-electron chi connectivity index (χ0n) is 16.0. The molecule has 0 aliphatic carbocycles. The Morgan fingerprint density at radius 3 is 2.11 bits per heavy atom. The molecule has 7 nitrogen and oxygen atoms in total. The second kappa shape index (κ2) is 7.82. The van der Waals surface area contributed by atoms with Gasteiger partial charge in [0.25, 0.3) is 11.8 Å². The van der Waals surface area contributed by atoms with E-state index in [0.29, 0.717) is 22.6 Å². The number of nitrogens with one attached hydrogen (secondary N) is 1. The Labute approximate surface area is 163 Å². The number of hydrogen-bond donors (Lipinski definition) is 1. The van der Waals surface area contributed by atoms with Gasteiger partial charge in [-0.25, -0.2) is 0 Å². The minimum absolute atomic E-state index is 0.0362. The van der Waals surface area contributed by atoms with Crippen LogP contribution in [0.4, 0.5) is 5.69 Å². The van der Waals surface area contributed by atoms with E-state index in [1.165, 1.54) is 4.90 Å². The number of ether oxygens (including phenoxy) is 2. The van der Waals surface area contributed by atoms with Crippen LogP contribution in [-0.4, -0.2) is 48.5 Å². The molecule has 0 atom stereocenters. The van der Waals surface area contributed by atoms with Gasteiger partial charge in [-0.15, -0.1) is 0 Å². The van der Waals surface area contributed by atoms with Gasteiger partial charge in [0, 0.05) is 5.69 Å². The van der Waals surface area contributed by atoms with Gasteiger partial charge in [-0.2, -0.15) is 0 Å². The van der Waals surface area contributed by atoms with Crippen LogP contribution in [0.3, 0.4) is 0 Å². The molecule has 1 aliphatic heterocycles. The molecular formula is C21H22N2O5. The summed E-state index contributed by atoms with van der Waals surface area (Å²) in [5.74, 6) is -0.339. The summed E-state index contributed by atoms with van der Waals surface area (Å²) in [7, 11) is 1.57. The molecule has 3 rings (SSSR count). The van der Waals surface area contributed by atoms with Crippen molar-refractivity contribution in [2.45, 2.75) is 19.4 Å². The zero-order valence-corrected chi connectivity index (χ0v) is 16.0. The fourth-order valence-corrected chi connectivity index (χ4v) is 3.07. The third kappa shape index (κ3) is 3.89. The molecular weight excluding hydrogens is 360 g/mol. The topological polar surface area (TPSA) is 84.9 Å². The molecule has 0 spiro atoms. The van der Waals surface area contributed by atoms with Crippen LogP contribution in [0.25, 0.3) is 0 Å². The lowest BCUT2D eigenvalue weighted by Crippen LogP contribution is -2.50. The average Bonchev–Trinajstić information content (AvgIpc) is 2.94. The van der Waals surface area contributed by atoms with Gasteiger partial charge < -0.3 is 14.8 Å². The third-order valence-corrected chi connectivity index (χ3v) is 4.46. The van der Waals surface area contributed by atoms with Crippen LogP contribution in [0.1, 0.15) is 34.6 Å². The van der Waals surface area contributed by atoms with E-state index in [4.69, 9.17) is 9.47 Å². The number of fused-ring (bicyclic) bond motifs is 1. The summed E-state index contributed by atoms with van der Waals surface area (Å²) >= 11 is 0. The van der Waals surface area contributed by atoms with Crippen molar-refractivity contribution in [1.82, 2.24) is 4.90 Å². The van der Waals surface area contributed by atoms with E-state index in [0.717, 1.165) is 0 Å². The van der Waals surface area contributed by atoms with Crippen molar-refractivity contribution < 1.29 is 23.9 Å². The molecule has 0 radical (unpaired) electrons. The van der Waals surface area contributed by atoms with Crippen molar-refractivity contribution >= 4 is 23.4 Å². The van der Waals surface area contributed by atoms with E-state index >= 15 is 0 Å². The van der Waals surface area contributed by atoms with Gasteiger partial charge in [0.2, 0.25) is 5.91 Å². The fraction of sp³-hybridized carbons (Fsp3) is 0.286. The van der Waals surface area contributed by atoms with Gasteiger partial charge in [-0.3, -0.25) is 19.3 Å². The highest BCUT2D eigenvalue weighted by atomic mass is 16.5. The zero-order chi connectivity index (χ0) is 20.3. The number of nitrogens with zero attached hydrogens (tertiary/aromatic N) is 1. The van der Waals surface area contributed by atoms with E-state index in [-0.39, 0.29) is 30.9 Å². The molecule has 146 valence electrons. The van der Waals surface area contributed by atoms with Gasteiger partial charge in [0.15, 0.2) is 0 Å². The van der Waals surface area contributed by atoms with Crippen molar-refractivity contribution in [3.05, 3.63) is 59.7 Å². The van der Waals surface area contributed by atoms with Gasteiger partial charge in [0.1, 0.15) is 12.4 Å². The number of anilines is 1. The quantitative estimate of drug-likeness (QED) is 0.745. The first-order chi connectivity index (χ1) is 13.3. The SMILES string of the molecule is COc1ccc(NC(=O)COCC(C)(C)N2C(=O)c3ccccc3C2=O)cc1. The van der Waals surface area contributed by atoms with Crippen LogP contribution in [0.5, 0.6) is 5.75 Å². The molecule has 2 aromatic carbocycles. The van der Waals surface area contributed by atoms with Crippen molar-refractivity contribution in [2.75, 3.05) is 25.6 Å². The molecule has 1 aliphatic rings. The molecule has 0 saturated carbocycles. The number of amides is 3. The highest BCUT2D eigenvalue weighted by Crippen LogP contribution is 2.29. The molecule has 3 amide bonds. The first-order valence-corrected chi connectivity index (χ1v) is 8.83. The Kier molecular flexibility index (Phi) is 5.46. The lowest BCUT2D eigenvalue weighted by molar-refractivity contribution is -0.121. The van der Waals surface area contributed by atoms with Crippen LogP contribution in [0.15, 0.2) is 48.5 Å². The molecule has 7 heteroatoms. The highest BCUT2D eigenvalue weighted by Gasteiger charge is 2.44. The lowest BCUT2D eigenvalue weighted by Gasteiger charge is -2.33. The molecule has 0 fully saturated rings. The summed E-state index contributed by atoms with van der Waals surface area (Å²) in [5.41, 5.74) is 0.498. The third-order valence-electron chi connectivity index (χ3n) is 4.46. The van der Waals surface area contributed by atoms with Gasteiger partial charge in [0.05, 0.1) is 30.4 Å². The van der Waals surface area contributed by atoms with Gasteiger partial charge in [-0.1, -0.05) is 12.1 Å². The van der Waals surface area contributed by atoms with Gasteiger partial charge in [-0.05, 0) is 50.2 Å². The number of rotatable bonds is 7. The number of carbonyl (C=O) groups excluding carboxylic acids is 3. The number of carbonyl (C=O) groups is 3.